The minimum atomic E-state index is -1.20. The van der Waals surface area contributed by atoms with E-state index < -0.39 is 23.8 Å². The highest BCUT2D eigenvalue weighted by Gasteiger charge is 2.22. The molecule has 2 amide bonds. The van der Waals surface area contributed by atoms with E-state index in [1.54, 1.807) is 6.92 Å². The molecule has 0 radical (unpaired) electrons. The molecule has 134 valence electrons. The molecule has 0 saturated heterocycles. The molecule has 0 unspecified atom stereocenters. The Morgan fingerprint density at radius 1 is 1.08 bits per heavy atom. The number of hydrogen-bond donors (Lipinski definition) is 3. The summed E-state index contributed by atoms with van der Waals surface area (Å²) in [6, 6.07) is 10.0. The Morgan fingerprint density at radius 2 is 1.64 bits per heavy atom. The van der Waals surface area contributed by atoms with Gasteiger partial charge < -0.3 is 15.7 Å². The van der Waals surface area contributed by atoms with Crippen molar-refractivity contribution in [2.45, 2.75) is 45.2 Å². The maximum absolute atomic E-state index is 11.9. The van der Waals surface area contributed by atoms with Crippen LogP contribution in [0.2, 0.25) is 0 Å². The molecule has 0 aliphatic rings. The molecule has 0 heterocycles. The summed E-state index contributed by atoms with van der Waals surface area (Å²) in [6.07, 6.45) is -0.129. The first-order valence-corrected chi connectivity index (χ1v) is 8.09. The largest absolute Gasteiger partial charge is 0.480 e. The predicted octanol–water partition coefficient (Wildman–Crippen LogP) is 1.76. The van der Waals surface area contributed by atoms with Crippen molar-refractivity contribution >= 4 is 17.8 Å². The Morgan fingerprint density at radius 3 is 2.16 bits per heavy atom. The summed E-state index contributed by atoms with van der Waals surface area (Å²) in [5.74, 6) is -2.50. The van der Waals surface area contributed by atoms with Gasteiger partial charge >= 0.3 is 5.97 Å². The summed E-state index contributed by atoms with van der Waals surface area (Å²) in [5, 5.41) is 23.0. The summed E-state index contributed by atoms with van der Waals surface area (Å²) < 4.78 is 0. The fourth-order valence-electron chi connectivity index (χ4n) is 2.26. The maximum Gasteiger partial charge on any atom is 0.326 e. The van der Waals surface area contributed by atoms with Crippen molar-refractivity contribution in [2.75, 3.05) is 0 Å². The summed E-state index contributed by atoms with van der Waals surface area (Å²) in [5.41, 5.74) is 0.955. The molecule has 3 N–H and O–H groups in total. The maximum atomic E-state index is 11.9. The first kappa shape index (κ1) is 20.2. The van der Waals surface area contributed by atoms with Gasteiger partial charge in [0.05, 0.1) is 12.1 Å². The van der Waals surface area contributed by atoms with Gasteiger partial charge in [0.15, 0.2) is 0 Å². The Balaban J connectivity index is 2.43. The second-order valence-electron chi connectivity index (χ2n) is 5.92. The lowest BCUT2D eigenvalue weighted by molar-refractivity contribution is -0.142. The van der Waals surface area contributed by atoms with Gasteiger partial charge in [-0.05, 0) is 25.8 Å². The van der Waals surface area contributed by atoms with E-state index in [4.69, 9.17) is 10.4 Å². The molecule has 7 nitrogen and oxygen atoms in total. The van der Waals surface area contributed by atoms with Crippen molar-refractivity contribution < 1.29 is 19.5 Å². The summed E-state index contributed by atoms with van der Waals surface area (Å²) in [7, 11) is 0. The topological polar surface area (TPSA) is 119 Å². The van der Waals surface area contributed by atoms with E-state index in [9.17, 15) is 14.4 Å². The van der Waals surface area contributed by atoms with Crippen LogP contribution in [-0.4, -0.2) is 28.9 Å². The molecule has 0 fully saturated rings. The monoisotopic (exact) mass is 345 g/mol. The van der Waals surface area contributed by atoms with E-state index in [0.717, 1.165) is 5.56 Å². The lowest BCUT2D eigenvalue weighted by atomic mass is 10.0. The summed E-state index contributed by atoms with van der Waals surface area (Å²) in [6.45, 7) is 3.43. The van der Waals surface area contributed by atoms with Gasteiger partial charge in [-0.1, -0.05) is 30.3 Å². The van der Waals surface area contributed by atoms with Crippen LogP contribution < -0.4 is 10.6 Å². The highest BCUT2D eigenvalue weighted by molar-refractivity contribution is 5.87. The second kappa shape index (κ2) is 10.1. The molecule has 7 heteroatoms. The quantitative estimate of drug-likeness (QED) is 0.630. The molecule has 25 heavy (non-hydrogen) atoms. The lowest BCUT2D eigenvalue weighted by Gasteiger charge is -2.16. The molecule has 1 aromatic carbocycles. The number of carbonyl (C=O) groups excluding carboxylic acids is 2. The van der Waals surface area contributed by atoms with Crippen LogP contribution >= 0.6 is 0 Å². The number of nitriles is 1. The van der Waals surface area contributed by atoms with Gasteiger partial charge in [0.1, 0.15) is 6.04 Å². The van der Waals surface area contributed by atoms with Gasteiger partial charge in [-0.3, -0.25) is 9.59 Å². The van der Waals surface area contributed by atoms with Crippen molar-refractivity contribution in [2.24, 2.45) is 5.92 Å². The molecule has 1 aromatic rings. The Labute approximate surface area is 147 Å². The minimum Gasteiger partial charge on any atom is -0.480 e. The van der Waals surface area contributed by atoms with Crippen molar-refractivity contribution in [1.29, 1.82) is 5.26 Å². The van der Waals surface area contributed by atoms with E-state index in [-0.39, 0.29) is 31.2 Å². The molecule has 3 atom stereocenters. The Kier molecular flexibility index (Phi) is 8.13. The minimum absolute atomic E-state index is 0.0226. The van der Waals surface area contributed by atoms with Crippen LogP contribution in [0, 0.1) is 17.2 Å². The van der Waals surface area contributed by atoms with E-state index in [0.29, 0.717) is 0 Å². The molecule has 0 saturated carbocycles. The number of nitrogens with zero attached hydrogens (tertiary/aromatic N) is 1. The van der Waals surface area contributed by atoms with Crippen LogP contribution in [0.15, 0.2) is 30.3 Å². The van der Waals surface area contributed by atoms with Crippen LogP contribution in [0.3, 0.4) is 0 Å². The van der Waals surface area contributed by atoms with Crippen molar-refractivity contribution in [3.63, 3.8) is 0 Å². The number of benzene rings is 1. The van der Waals surface area contributed by atoms with E-state index in [2.05, 4.69) is 10.6 Å². The third-order valence-electron chi connectivity index (χ3n) is 3.70. The van der Waals surface area contributed by atoms with Gasteiger partial charge in [-0.2, -0.15) is 5.26 Å². The number of nitrogens with one attached hydrogen (secondary N) is 2. The first-order chi connectivity index (χ1) is 11.8. The van der Waals surface area contributed by atoms with Crippen molar-refractivity contribution in [1.82, 2.24) is 10.6 Å². The molecule has 0 aliphatic carbocycles. The van der Waals surface area contributed by atoms with Crippen LogP contribution in [0.4, 0.5) is 0 Å². The normalized spacial score (nSPS) is 13.8. The Hall–Kier alpha value is -2.88. The van der Waals surface area contributed by atoms with Crippen LogP contribution in [-0.2, 0) is 14.4 Å². The van der Waals surface area contributed by atoms with Crippen molar-refractivity contribution in [3.8, 4) is 6.07 Å². The third-order valence-corrected chi connectivity index (χ3v) is 3.70. The summed E-state index contributed by atoms with van der Waals surface area (Å²) in [4.78, 5) is 34.9. The van der Waals surface area contributed by atoms with Crippen LogP contribution in [0.1, 0.15) is 44.7 Å². The van der Waals surface area contributed by atoms with E-state index in [1.165, 1.54) is 0 Å². The third kappa shape index (κ3) is 7.48. The standard InChI is InChI=1S/C18H23N3O4/c1-12(11-19)10-15(18(24)25)21-17(23)9-8-16(22)20-13(2)14-6-4-3-5-7-14/h3-7,12-13,15H,8-10H2,1-2H3,(H,20,22)(H,21,23)(H,24,25)/t12-,13+,15-/m0/s1. The molecule has 0 aromatic heterocycles. The Bertz CT molecular complexity index is 639. The number of amides is 2. The first-order valence-electron chi connectivity index (χ1n) is 8.09. The number of carboxylic acids is 1. The van der Waals surface area contributed by atoms with Crippen LogP contribution in [0.5, 0.6) is 0 Å². The van der Waals surface area contributed by atoms with E-state index in [1.807, 2.05) is 43.3 Å². The number of rotatable bonds is 9. The number of aliphatic carboxylic acids is 1. The highest BCUT2D eigenvalue weighted by Crippen LogP contribution is 2.11. The molecular formula is C18H23N3O4. The van der Waals surface area contributed by atoms with Gasteiger partial charge in [-0.15, -0.1) is 0 Å². The van der Waals surface area contributed by atoms with E-state index >= 15 is 0 Å². The van der Waals surface area contributed by atoms with Gasteiger partial charge in [0, 0.05) is 18.8 Å². The average Bonchev–Trinajstić information content (AvgIpc) is 2.59. The fourth-order valence-corrected chi connectivity index (χ4v) is 2.26. The van der Waals surface area contributed by atoms with Crippen molar-refractivity contribution in [3.05, 3.63) is 35.9 Å². The SMILES string of the molecule is C[C@H](C#N)C[C@H](NC(=O)CCC(=O)N[C@H](C)c1ccccc1)C(=O)O. The zero-order valence-corrected chi connectivity index (χ0v) is 14.4. The van der Waals surface area contributed by atoms with Crippen LogP contribution in [0.25, 0.3) is 0 Å². The zero-order valence-electron chi connectivity index (χ0n) is 14.4. The molecule has 1 rings (SSSR count). The summed E-state index contributed by atoms with van der Waals surface area (Å²) >= 11 is 0. The molecule has 0 bridgehead atoms. The average molecular weight is 345 g/mol. The number of hydrogen-bond acceptors (Lipinski definition) is 4. The van der Waals surface area contributed by atoms with Gasteiger partial charge in [0.25, 0.3) is 0 Å². The predicted molar refractivity (Wildman–Crippen MR) is 91.2 cm³/mol. The zero-order chi connectivity index (χ0) is 18.8. The fraction of sp³-hybridized carbons (Fsp3) is 0.444. The van der Waals surface area contributed by atoms with Gasteiger partial charge in [0.2, 0.25) is 11.8 Å². The molecule has 0 aliphatic heterocycles. The highest BCUT2D eigenvalue weighted by atomic mass is 16.4. The smallest absolute Gasteiger partial charge is 0.326 e. The molecule has 0 spiro atoms. The number of carboxylic acid groups (broad SMARTS) is 1. The second-order valence-corrected chi connectivity index (χ2v) is 5.92. The number of carbonyl (C=O) groups is 3. The molecular weight excluding hydrogens is 322 g/mol. The van der Waals surface area contributed by atoms with Gasteiger partial charge in [-0.25, -0.2) is 4.79 Å². The lowest BCUT2D eigenvalue weighted by Crippen LogP contribution is -2.42.